The van der Waals surface area contributed by atoms with Gasteiger partial charge in [-0.2, -0.15) is 0 Å². The maximum Gasteiger partial charge on any atom is 0.310 e. The lowest BCUT2D eigenvalue weighted by Crippen LogP contribution is -2.34. The Morgan fingerprint density at radius 2 is 2.24 bits per heavy atom. The fourth-order valence-electron chi connectivity index (χ4n) is 2.47. The minimum atomic E-state index is -0.809. The molecule has 0 heterocycles. The van der Waals surface area contributed by atoms with E-state index in [-0.39, 0.29) is 12.2 Å². The zero-order chi connectivity index (χ0) is 12.7. The summed E-state index contributed by atoms with van der Waals surface area (Å²) < 4.78 is 0. The van der Waals surface area contributed by atoms with Crippen LogP contribution in [-0.4, -0.2) is 16.9 Å². The van der Waals surface area contributed by atoms with Crippen molar-refractivity contribution < 1.29 is 14.7 Å². The second kappa shape index (κ2) is 6.58. The topological polar surface area (TPSA) is 54.4 Å². The van der Waals surface area contributed by atoms with Crippen molar-refractivity contribution in [2.45, 2.75) is 58.3 Å². The van der Waals surface area contributed by atoms with Gasteiger partial charge in [0.2, 0.25) is 0 Å². The lowest BCUT2D eigenvalue weighted by Gasteiger charge is -2.29. The van der Waals surface area contributed by atoms with E-state index in [1.807, 2.05) is 6.08 Å². The second-order valence-electron chi connectivity index (χ2n) is 4.98. The van der Waals surface area contributed by atoms with Crippen LogP contribution in [0.15, 0.2) is 12.2 Å². The van der Waals surface area contributed by atoms with Gasteiger partial charge in [0.1, 0.15) is 0 Å². The van der Waals surface area contributed by atoms with Crippen LogP contribution in [0.3, 0.4) is 0 Å². The number of rotatable bonds is 5. The molecule has 1 atom stereocenters. The number of carboxylic acids is 1. The Labute approximate surface area is 103 Å². The highest BCUT2D eigenvalue weighted by atomic mass is 16.4. The Hall–Kier alpha value is -1.12. The Morgan fingerprint density at radius 3 is 2.88 bits per heavy atom. The number of hydrogen-bond donors (Lipinski definition) is 1. The van der Waals surface area contributed by atoms with E-state index < -0.39 is 11.4 Å². The predicted octanol–water partition coefficient (Wildman–Crippen LogP) is 3.34. The Kier molecular flexibility index (Phi) is 5.39. The molecule has 0 unspecified atom stereocenters. The highest BCUT2D eigenvalue weighted by Gasteiger charge is 2.39. The molecule has 1 rings (SSSR count). The van der Waals surface area contributed by atoms with Crippen LogP contribution in [0.25, 0.3) is 0 Å². The summed E-state index contributed by atoms with van der Waals surface area (Å²) in [6, 6.07) is 0. The van der Waals surface area contributed by atoms with E-state index in [9.17, 15) is 14.7 Å². The molecule has 0 aromatic heterocycles. The molecule has 0 fully saturated rings. The molecular formula is C14H22O3. The molecule has 1 aliphatic carbocycles. The first-order valence-electron chi connectivity index (χ1n) is 6.53. The molecule has 3 heteroatoms. The number of carboxylic acid groups (broad SMARTS) is 1. The molecule has 96 valence electrons. The molecule has 17 heavy (non-hydrogen) atoms. The number of hydrogen-bond acceptors (Lipinski definition) is 2. The van der Waals surface area contributed by atoms with Gasteiger partial charge in [0, 0.05) is 6.42 Å². The van der Waals surface area contributed by atoms with Gasteiger partial charge in [0.05, 0.1) is 5.41 Å². The normalized spacial score (nSPS) is 27.2. The zero-order valence-electron chi connectivity index (χ0n) is 10.6. The van der Waals surface area contributed by atoms with Gasteiger partial charge in [-0.05, 0) is 31.8 Å². The van der Waals surface area contributed by atoms with Gasteiger partial charge < -0.3 is 5.11 Å². The van der Waals surface area contributed by atoms with E-state index in [0.29, 0.717) is 12.8 Å². The third-order valence-electron chi connectivity index (χ3n) is 3.56. The van der Waals surface area contributed by atoms with Crippen LogP contribution in [0, 0.1) is 5.41 Å². The van der Waals surface area contributed by atoms with Crippen molar-refractivity contribution in [1.82, 2.24) is 0 Å². The molecule has 0 aliphatic heterocycles. The standard InChI is InChI=1S/C14H22O3/c1-2-3-6-9-14(13(16)17)10-7-4-5-8-12(15)11-14/h5,8H,2-4,6-7,9-11H2,1H3,(H,16,17)/b8-5-/t14-/m0/s1. The molecule has 0 bridgehead atoms. The van der Waals surface area contributed by atoms with Crippen LogP contribution in [-0.2, 0) is 9.59 Å². The number of unbranched alkanes of at least 4 members (excludes halogenated alkanes) is 2. The number of ketones is 1. The smallest absolute Gasteiger partial charge is 0.310 e. The van der Waals surface area contributed by atoms with E-state index in [1.54, 1.807) is 6.08 Å². The molecule has 1 N–H and O–H groups in total. The van der Waals surface area contributed by atoms with Crippen LogP contribution in [0.5, 0.6) is 0 Å². The van der Waals surface area contributed by atoms with Crippen molar-refractivity contribution in [1.29, 1.82) is 0 Å². The molecule has 0 radical (unpaired) electrons. The molecule has 3 nitrogen and oxygen atoms in total. The minimum absolute atomic E-state index is 0.0383. The summed E-state index contributed by atoms with van der Waals surface area (Å²) in [7, 11) is 0. The first-order chi connectivity index (χ1) is 8.10. The van der Waals surface area contributed by atoms with Gasteiger partial charge in [-0.3, -0.25) is 9.59 Å². The molecule has 0 amide bonds. The van der Waals surface area contributed by atoms with Crippen molar-refractivity contribution in [2.75, 3.05) is 0 Å². The molecule has 1 aliphatic rings. The maximum absolute atomic E-state index is 11.6. The lowest BCUT2D eigenvalue weighted by molar-refractivity contribution is -0.152. The van der Waals surface area contributed by atoms with Gasteiger partial charge in [-0.15, -0.1) is 0 Å². The zero-order valence-corrected chi connectivity index (χ0v) is 10.6. The third kappa shape index (κ3) is 3.99. The summed E-state index contributed by atoms with van der Waals surface area (Å²) in [5.74, 6) is -0.833. The van der Waals surface area contributed by atoms with Gasteiger partial charge in [-0.1, -0.05) is 32.3 Å². The van der Waals surface area contributed by atoms with E-state index >= 15 is 0 Å². The Morgan fingerprint density at radius 1 is 1.47 bits per heavy atom. The summed E-state index contributed by atoms with van der Waals surface area (Å²) in [6.07, 6.45) is 9.54. The SMILES string of the molecule is CCCCC[C@]1(C(=O)O)CCC/C=C\C(=O)C1. The van der Waals surface area contributed by atoms with Crippen LogP contribution in [0.1, 0.15) is 58.3 Å². The van der Waals surface area contributed by atoms with Crippen molar-refractivity contribution in [2.24, 2.45) is 5.41 Å². The van der Waals surface area contributed by atoms with Gasteiger partial charge >= 0.3 is 5.97 Å². The quantitative estimate of drug-likeness (QED) is 0.747. The number of allylic oxidation sites excluding steroid dienone is 2. The van der Waals surface area contributed by atoms with Gasteiger partial charge in [0.25, 0.3) is 0 Å². The lowest BCUT2D eigenvalue weighted by atomic mass is 9.73. The van der Waals surface area contributed by atoms with Crippen molar-refractivity contribution in [3.05, 3.63) is 12.2 Å². The summed E-state index contributed by atoms with van der Waals surface area (Å²) in [6.45, 7) is 2.10. The fourth-order valence-corrected chi connectivity index (χ4v) is 2.47. The minimum Gasteiger partial charge on any atom is -0.481 e. The first kappa shape index (κ1) is 13.9. The summed E-state index contributed by atoms with van der Waals surface area (Å²) in [4.78, 5) is 23.1. The van der Waals surface area contributed by atoms with Gasteiger partial charge in [-0.25, -0.2) is 0 Å². The average Bonchev–Trinajstić information content (AvgIpc) is 2.25. The number of aliphatic carboxylic acids is 1. The summed E-state index contributed by atoms with van der Waals surface area (Å²) >= 11 is 0. The summed E-state index contributed by atoms with van der Waals surface area (Å²) in [5.41, 5.74) is -0.809. The fraction of sp³-hybridized carbons (Fsp3) is 0.714. The van der Waals surface area contributed by atoms with Crippen molar-refractivity contribution >= 4 is 11.8 Å². The van der Waals surface area contributed by atoms with Crippen LogP contribution >= 0.6 is 0 Å². The van der Waals surface area contributed by atoms with Crippen LogP contribution in [0.2, 0.25) is 0 Å². The average molecular weight is 238 g/mol. The maximum atomic E-state index is 11.6. The number of carbonyl (C=O) groups excluding carboxylic acids is 1. The third-order valence-corrected chi connectivity index (χ3v) is 3.56. The highest BCUT2D eigenvalue weighted by Crippen LogP contribution is 2.37. The largest absolute Gasteiger partial charge is 0.481 e. The molecule has 0 saturated heterocycles. The molecule has 0 spiro atoms. The molecular weight excluding hydrogens is 216 g/mol. The monoisotopic (exact) mass is 238 g/mol. The Balaban J connectivity index is 2.76. The van der Waals surface area contributed by atoms with Crippen molar-refractivity contribution in [3.8, 4) is 0 Å². The highest BCUT2D eigenvalue weighted by molar-refractivity contribution is 5.93. The van der Waals surface area contributed by atoms with Crippen LogP contribution < -0.4 is 0 Å². The second-order valence-corrected chi connectivity index (χ2v) is 4.98. The van der Waals surface area contributed by atoms with E-state index in [2.05, 4.69) is 6.92 Å². The predicted molar refractivity (Wildman–Crippen MR) is 66.8 cm³/mol. The van der Waals surface area contributed by atoms with Crippen LogP contribution in [0.4, 0.5) is 0 Å². The van der Waals surface area contributed by atoms with E-state index in [4.69, 9.17) is 0 Å². The van der Waals surface area contributed by atoms with E-state index in [1.165, 1.54) is 0 Å². The first-order valence-corrected chi connectivity index (χ1v) is 6.53. The molecule has 0 saturated carbocycles. The molecule has 0 aromatic rings. The Bertz CT molecular complexity index is 307. The molecule has 0 aromatic carbocycles. The number of carbonyl (C=O) groups is 2. The summed E-state index contributed by atoms with van der Waals surface area (Å²) in [5, 5.41) is 9.45. The van der Waals surface area contributed by atoms with Gasteiger partial charge in [0.15, 0.2) is 5.78 Å². The van der Waals surface area contributed by atoms with E-state index in [0.717, 1.165) is 32.1 Å². The van der Waals surface area contributed by atoms with Crippen molar-refractivity contribution in [3.63, 3.8) is 0 Å².